The number of Topliss-reactive ketones (excluding diaryl/α,β-unsaturated/α-hetero) is 1. The summed E-state index contributed by atoms with van der Waals surface area (Å²) < 4.78 is 14.7. The molecule has 3 aromatic rings. The van der Waals surface area contributed by atoms with Gasteiger partial charge in [-0.2, -0.15) is 0 Å². The molecule has 0 aliphatic carbocycles. The number of rotatable bonds is 7. The van der Waals surface area contributed by atoms with Crippen LogP contribution in [0.3, 0.4) is 0 Å². The zero-order valence-electron chi connectivity index (χ0n) is 20.8. The van der Waals surface area contributed by atoms with E-state index in [-0.39, 0.29) is 58.4 Å². The highest BCUT2D eigenvalue weighted by atomic mass is 19.1. The van der Waals surface area contributed by atoms with Crippen LogP contribution in [0.2, 0.25) is 0 Å². The number of anilines is 2. The number of aliphatic hydroxyl groups is 1. The van der Waals surface area contributed by atoms with E-state index in [0.717, 1.165) is 5.69 Å². The Morgan fingerprint density at radius 1 is 1.24 bits per heavy atom. The van der Waals surface area contributed by atoms with Crippen LogP contribution >= 0.6 is 0 Å². The second-order valence-electron chi connectivity index (χ2n) is 9.53. The van der Waals surface area contributed by atoms with Crippen LogP contribution in [-0.4, -0.2) is 58.0 Å². The molecule has 2 atom stereocenters. The molecule has 9 nitrogen and oxygen atoms in total. The van der Waals surface area contributed by atoms with Crippen LogP contribution in [0, 0.1) is 5.82 Å². The van der Waals surface area contributed by atoms with Crippen molar-refractivity contribution in [2.24, 2.45) is 5.73 Å². The monoisotopic (exact) mass is 506 g/mol. The second kappa shape index (κ2) is 11.0. The lowest BCUT2D eigenvalue weighted by Gasteiger charge is -2.36. The number of halogens is 1. The predicted molar refractivity (Wildman–Crippen MR) is 140 cm³/mol. The topological polar surface area (TPSA) is 147 Å². The Bertz CT molecular complexity index is 1320. The first-order chi connectivity index (χ1) is 17.6. The number of piperidine rings is 1. The number of benzene rings is 1. The van der Waals surface area contributed by atoms with Gasteiger partial charge in [-0.15, -0.1) is 0 Å². The molecule has 1 fully saturated rings. The molecule has 1 aliphatic heterocycles. The summed E-state index contributed by atoms with van der Waals surface area (Å²) in [7, 11) is 0. The predicted octanol–water partition coefficient (Wildman–Crippen LogP) is 2.33. The van der Waals surface area contributed by atoms with Crippen LogP contribution in [0.4, 0.5) is 15.8 Å². The Hall–Kier alpha value is -3.89. The Balaban J connectivity index is 1.62. The quantitative estimate of drug-likeness (QED) is 0.357. The first-order valence-electron chi connectivity index (χ1n) is 12.2. The molecule has 37 heavy (non-hydrogen) atoms. The Kier molecular flexibility index (Phi) is 7.80. The third kappa shape index (κ3) is 5.92. The van der Waals surface area contributed by atoms with Crippen molar-refractivity contribution < 1.29 is 19.1 Å². The fraction of sp³-hybridized carbons (Fsp3) is 0.333. The summed E-state index contributed by atoms with van der Waals surface area (Å²) >= 11 is 0. The fourth-order valence-corrected chi connectivity index (χ4v) is 4.34. The standard InChI is InChI=1S/C27H31FN6O3/c1-15(2)32-27(37)16-3-4-19(28)18(11-16)22-6-5-21(30)26(33-22)24(35)12-17-13-31-9-7-23(17)34-10-8-20(29)25(36)14-34/h3-7,9,11,13,15,20,25,36H,8,10,12,14,29-30H2,1-2H3,(H,32,37)/t20-,25-/m1/s1. The van der Waals surface area contributed by atoms with Crippen LogP contribution in [0.15, 0.2) is 48.8 Å². The van der Waals surface area contributed by atoms with Gasteiger partial charge in [-0.3, -0.25) is 14.6 Å². The van der Waals surface area contributed by atoms with Crippen molar-refractivity contribution in [1.82, 2.24) is 15.3 Å². The summed E-state index contributed by atoms with van der Waals surface area (Å²) in [6.07, 6.45) is 3.13. The average Bonchev–Trinajstić information content (AvgIpc) is 2.86. The minimum absolute atomic E-state index is 0.00411. The molecule has 10 heteroatoms. The SMILES string of the molecule is CC(C)NC(=O)c1ccc(F)c(-c2ccc(N)c(C(=O)Cc3cnccc3N3CC[C@@H](N)[C@H](O)C3)n2)c1. The van der Waals surface area contributed by atoms with E-state index in [9.17, 15) is 19.1 Å². The van der Waals surface area contributed by atoms with Gasteiger partial charge in [-0.25, -0.2) is 9.37 Å². The molecule has 6 N–H and O–H groups in total. The van der Waals surface area contributed by atoms with Crippen molar-refractivity contribution in [3.8, 4) is 11.3 Å². The highest BCUT2D eigenvalue weighted by Crippen LogP contribution is 2.28. The number of amides is 1. The van der Waals surface area contributed by atoms with E-state index >= 15 is 0 Å². The Morgan fingerprint density at radius 3 is 2.76 bits per heavy atom. The van der Waals surface area contributed by atoms with Gasteiger partial charge >= 0.3 is 0 Å². The third-order valence-corrected chi connectivity index (χ3v) is 6.32. The van der Waals surface area contributed by atoms with Gasteiger partial charge in [0.15, 0.2) is 5.78 Å². The number of carbonyl (C=O) groups excluding carboxylic acids is 2. The Morgan fingerprint density at radius 2 is 2.03 bits per heavy atom. The van der Waals surface area contributed by atoms with Crippen molar-refractivity contribution in [2.45, 2.75) is 44.9 Å². The van der Waals surface area contributed by atoms with Crippen LogP contribution in [0.25, 0.3) is 11.3 Å². The first kappa shape index (κ1) is 26.2. The van der Waals surface area contributed by atoms with Gasteiger partial charge in [0.2, 0.25) is 0 Å². The molecule has 4 rings (SSSR count). The molecule has 0 bridgehead atoms. The molecular weight excluding hydrogens is 475 g/mol. The van der Waals surface area contributed by atoms with Crippen molar-refractivity contribution in [1.29, 1.82) is 0 Å². The highest BCUT2D eigenvalue weighted by Gasteiger charge is 2.27. The lowest BCUT2D eigenvalue weighted by Crippen LogP contribution is -2.50. The summed E-state index contributed by atoms with van der Waals surface area (Å²) in [5.41, 5.74) is 14.2. The largest absolute Gasteiger partial charge is 0.397 e. The number of hydrogen-bond acceptors (Lipinski definition) is 8. The van der Waals surface area contributed by atoms with Gasteiger partial charge in [-0.05, 0) is 56.7 Å². The number of nitrogens with zero attached hydrogens (tertiary/aromatic N) is 3. The van der Waals surface area contributed by atoms with E-state index < -0.39 is 11.9 Å². The molecule has 0 saturated carbocycles. The lowest BCUT2D eigenvalue weighted by molar-refractivity contribution is 0.0941. The minimum Gasteiger partial charge on any atom is -0.397 e. The molecule has 1 aliphatic rings. The summed E-state index contributed by atoms with van der Waals surface area (Å²) in [4.78, 5) is 36.3. The van der Waals surface area contributed by atoms with E-state index in [2.05, 4.69) is 15.3 Å². The Labute approximate surface area is 214 Å². The molecule has 194 valence electrons. The number of nitrogens with one attached hydrogen (secondary N) is 1. The van der Waals surface area contributed by atoms with Crippen LogP contribution < -0.4 is 21.7 Å². The molecule has 0 unspecified atom stereocenters. The zero-order chi connectivity index (χ0) is 26.7. The number of carbonyl (C=O) groups is 2. The van der Waals surface area contributed by atoms with Crippen molar-refractivity contribution in [2.75, 3.05) is 23.7 Å². The number of ketones is 1. The van der Waals surface area contributed by atoms with Gasteiger partial charge in [0.05, 0.1) is 17.5 Å². The van der Waals surface area contributed by atoms with Crippen LogP contribution in [0.1, 0.15) is 46.7 Å². The smallest absolute Gasteiger partial charge is 0.251 e. The second-order valence-corrected chi connectivity index (χ2v) is 9.53. The maximum absolute atomic E-state index is 14.7. The summed E-state index contributed by atoms with van der Waals surface area (Å²) in [6, 6.07) is 8.45. The number of β-amino-alcohol motifs (C(OH)–C–C–N with tert-alkyl or cyclic N) is 1. The number of aliphatic hydroxyl groups excluding tert-OH is 1. The summed E-state index contributed by atoms with van der Waals surface area (Å²) in [6.45, 7) is 4.65. The van der Waals surface area contributed by atoms with Gasteiger partial charge in [0.1, 0.15) is 11.5 Å². The van der Waals surface area contributed by atoms with E-state index in [4.69, 9.17) is 11.5 Å². The van der Waals surface area contributed by atoms with Crippen molar-refractivity contribution in [3.63, 3.8) is 0 Å². The highest BCUT2D eigenvalue weighted by molar-refractivity contribution is 6.01. The number of nitrogen functional groups attached to an aromatic ring is 1. The number of aromatic nitrogens is 2. The average molecular weight is 507 g/mol. The summed E-state index contributed by atoms with van der Waals surface area (Å²) in [5, 5.41) is 13.0. The number of hydrogen-bond donors (Lipinski definition) is 4. The van der Waals surface area contributed by atoms with Gasteiger partial charge in [0, 0.05) is 66.4 Å². The van der Waals surface area contributed by atoms with E-state index in [1.165, 1.54) is 30.3 Å². The molecule has 0 radical (unpaired) electrons. The van der Waals surface area contributed by atoms with Gasteiger partial charge < -0.3 is 26.8 Å². The van der Waals surface area contributed by atoms with Gasteiger partial charge in [0.25, 0.3) is 5.91 Å². The molecule has 0 spiro atoms. The van der Waals surface area contributed by atoms with Gasteiger partial charge in [-0.1, -0.05) is 0 Å². The lowest BCUT2D eigenvalue weighted by atomic mass is 9.99. The normalized spacial score (nSPS) is 17.6. The number of nitrogens with two attached hydrogens (primary N) is 2. The molecule has 1 aromatic carbocycles. The first-order valence-corrected chi connectivity index (χ1v) is 12.2. The molecule has 1 saturated heterocycles. The molecule has 1 amide bonds. The van der Waals surface area contributed by atoms with E-state index in [0.29, 0.717) is 25.1 Å². The number of pyridine rings is 2. The fourth-order valence-electron chi connectivity index (χ4n) is 4.34. The van der Waals surface area contributed by atoms with Crippen LogP contribution in [-0.2, 0) is 6.42 Å². The minimum atomic E-state index is -0.673. The maximum atomic E-state index is 14.7. The zero-order valence-corrected chi connectivity index (χ0v) is 20.8. The molecular formula is C27H31FN6O3. The summed E-state index contributed by atoms with van der Waals surface area (Å²) in [5.74, 6) is -1.28. The van der Waals surface area contributed by atoms with E-state index in [1.54, 1.807) is 18.5 Å². The third-order valence-electron chi connectivity index (χ3n) is 6.32. The molecule has 3 heterocycles. The van der Waals surface area contributed by atoms with Crippen molar-refractivity contribution >= 4 is 23.1 Å². The van der Waals surface area contributed by atoms with Crippen LogP contribution in [0.5, 0.6) is 0 Å². The van der Waals surface area contributed by atoms with E-state index in [1.807, 2.05) is 18.7 Å². The molecule has 2 aromatic heterocycles. The maximum Gasteiger partial charge on any atom is 0.251 e. The van der Waals surface area contributed by atoms with Crippen molar-refractivity contribution in [3.05, 3.63) is 71.4 Å².